The van der Waals surface area contributed by atoms with Crippen molar-refractivity contribution in [2.24, 2.45) is 0 Å². The van der Waals surface area contributed by atoms with Crippen molar-refractivity contribution >= 4 is 11.9 Å². The number of ether oxygens (including phenoxy) is 2. The van der Waals surface area contributed by atoms with Gasteiger partial charge < -0.3 is 14.8 Å². The van der Waals surface area contributed by atoms with Crippen LogP contribution >= 0.6 is 0 Å². The van der Waals surface area contributed by atoms with Crippen LogP contribution in [0.15, 0.2) is 48.5 Å². The Morgan fingerprint density at radius 1 is 1.19 bits per heavy atom. The fraction of sp³-hybridized carbons (Fsp3) is 0.125. The van der Waals surface area contributed by atoms with Gasteiger partial charge in [0.15, 0.2) is 6.23 Å². The molecular weight excluding hydrogens is 270 g/mol. The van der Waals surface area contributed by atoms with Crippen molar-refractivity contribution in [1.82, 2.24) is 5.32 Å². The molecule has 0 aromatic heterocycles. The minimum atomic E-state index is -0.608. The molecule has 106 valence electrons. The van der Waals surface area contributed by atoms with E-state index < -0.39 is 12.2 Å². The minimum absolute atomic E-state index is 0.195. The number of fused-ring (bicyclic) bond motifs is 1. The molecule has 1 amide bonds. The maximum atomic E-state index is 12.1. The molecule has 5 heteroatoms. The summed E-state index contributed by atoms with van der Waals surface area (Å²) in [6.45, 7) is 1.34. The molecule has 1 atom stereocenters. The summed E-state index contributed by atoms with van der Waals surface area (Å²) in [4.78, 5) is 23.0. The molecule has 2 aromatic rings. The smallest absolute Gasteiger partial charge is 0.308 e. The maximum absolute atomic E-state index is 12.1. The lowest BCUT2D eigenvalue weighted by Crippen LogP contribution is -2.36. The summed E-state index contributed by atoms with van der Waals surface area (Å²) in [6, 6.07) is 13.9. The van der Waals surface area contributed by atoms with Gasteiger partial charge in [-0.25, -0.2) is 0 Å². The summed E-state index contributed by atoms with van der Waals surface area (Å²) >= 11 is 0. The average Bonchev–Trinajstić information content (AvgIpc) is 2.47. The van der Waals surface area contributed by atoms with E-state index >= 15 is 0 Å². The Labute approximate surface area is 121 Å². The first-order valence-corrected chi connectivity index (χ1v) is 6.48. The molecule has 1 heterocycles. The molecule has 3 rings (SSSR count). The molecule has 1 aliphatic heterocycles. The van der Waals surface area contributed by atoms with E-state index in [2.05, 4.69) is 5.32 Å². The number of carbonyl (C=O) groups is 2. The van der Waals surface area contributed by atoms with Crippen molar-refractivity contribution in [2.75, 3.05) is 0 Å². The van der Waals surface area contributed by atoms with Gasteiger partial charge in [-0.15, -0.1) is 0 Å². The molecule has 2 aromatic carbocycles. The van der Waals surface area contributed by atoms with Gasteiger partial charge in [-0.2, -0.15) is 0 Å². The van der Waals surface area contributed by atoms with E-state index in [9.17, 15) is 9.59 Å². The average molecular weight is 283 g/mol. The molecule has 0 saturated heterocycles. The van der Waals surface area contributed by atoms with Gasteiger partial charge in [0.05, 0.1) is 5.56 Å². The van der Waals surface area contributed by atoms with Crippen LogP contribution in [0.4, 0.5) is 0 Å². The highest BCUT2D eigenvalue weighted by atomic mass is 16.5. The summed E-state index contributed by atoms with van der Waals surface area (Å²) in [5.74, 6) is 0.353. The van der Waals surface area contributed by atoms with Gasteiger partial charge in [0.25, 0.3) is 5.91 Å². The van der Waals surface area contributed by atoms with E-state index in [-0.39, 0.29) is 5.91 Å². The fourth-order valence-corrected chi connectivity index (χ4v) is 2.17. The van der Waals surface area contributed by atoms with E-state index in [1.165, 1.54) is 6.92 Å². The van der Waals surface area contributed by atoms with Crippen LogP contribution < -0.4 is 14.8 Å². The first-order valence-electron chi connectivity index (χ1n) is 6.48. The van der Waals surface area contributed by atoms with Crippen LogP contribution in [-0.4, -0.2) is 11.9 Å². The summed E-state index contributed by atoms with van der Waals surface area (Å²) in [5, 5.41) is 2.77. The van der Waals surface area contributed by atoms with Crippen molar-refractivity contribution < 1.29 is 19.1 Å². The summed E-state index contributed by atoms with van der Waals surface area (Å²) in [5.41, 5.74) is 1.21. The second-order valence-electron chi connectivity index (χ2n) is 4.63. The number of benzene rings is 2. The normalized spacial score (nSPS) is 16.4. The highest BCUT2D eigenvalue weighted by molar-refractivity contribution is 5.98. The Morgan fingerprint density at radius 3 is 2.81 bits per heavy atom. The first-order chi connectivity index (χ1) is 10.1. The molecule has 1 N–H and O–H groups in total. The molecule has 0 spiro atoms. The second kappa shape index (κ2) is 5.28. The van der Waals surface area contributed by atoms with E-state index in [1.54, 1.807) is 42.5 Å². The van der Waals surface area contributed by atoms with Crippen LogP contribution in [0.5, 0.6) is 11.5 Å². The highest BCUT2D eigenvalue weighted by Crippen LogP contribution is 2.30. The number of hydrogen-bond donors (Lipinski definition) is 1. The number of nitrogens with one attached hydrogen (secondary N) is 1. The van der Waals surface area contributed by atoms with E-state index in [0.29, 0.717) is 22.6 Å². The van der Waals surface area contributed by atoms with Crippen LogP contribution in [0.2, 0.25) is 0 Å². The van der Waals surface area contributed by atoms with Crippen LogP contribution in [0, 0.1) is 0 Å². The molecule has 0 aliphatic carbocycles. The van der Waals surface area contributed by atoms with Crippen LogP contribution in [0.1, 0.15) is 29.1 Å². The molecule has 1 aliphatic rings. The number of para-hydroxylation sites is 1. The fourth-order valence-electron chi connectivity index (χ4n) is 2.17. The van der Waals surface area contributed by atoms with Gasteiger partial charge in [0.2, 0.25) is 0 Å². The lowest BCUT2D eigenvalue weighted by molar-refractivity contribution is -0.131. The summed E-state index contributed by atoms with van der Waals surface area (Å²) in [7, 11) is 0. The highest BCUT2D eigenvalue weighted by Gasteiger charge is 2.26. The predicted octanol–water partition coefficient (Wildman–Crippen LogP) is 2.43. The molecule has 21 heavy (non-hydrogen) atoms. The summed E-state index contributed by atoms with van der Waals surface area (Å²) < 4.78 is 10.8. The van der Waals surface area contributed by atoms with Crippen LogP contribution in [0.3, 0.4) is 0 Å². The molecule has 0 saturated carbocycles. The Hall–Kier alpha value is -2.82. The zero-order chi connectivity index (χ0) is 14.8. The number of rotatable bonds is 2. The van der Waals surface area contributed by atoms with Crippen molar-refractivity contribution in [3.8, 4) is 11.5 Å². The number of hydrogen-bond acceptors (Lipinski definition) is 4. The van der Waals surface area contributed by atoms with E-state index in [4.69, 9.17) is 9.47 Å². The van der Waals surface area contributed by atoms with Crippen molar-refractivity contribution in [2.45, 2.75) is 13.2 Å². The van der Waals surface area contributed by atoms with Crippen molar-refractivity contribution in [1.29, 1.82) is 0 Å². The van der Waals surface area contributed by atoms with E-state index in [1.807, 2.05) is 6.07 Å². The van der Waals surface area contributed by atoms with Crippen LogP contribution in [0.25, 0.3) is 0 Å². The number of amides is 1. The lowest BCUT2D eigenvalue weighted by Gasteiger charge is -2.27. The molecule has 5 nitrogen and oxygen atoms in total. The Kier molecular flexibility index (Phi) is 3.31. The van der Waals surface area contributed by atoms with Gasteiger partial charge >= 0.3 is 5.97 Å². The topological polar surface area (TPSA) is 64.6 Å². The summed E-state index contributed by atoms with van der Waals surface area (Å²) in [6.07, 6.45) is -0.608. The van der Waals surface area contributed by atoms with Crippen molar-refractivity contribution in [3.05, 3.63) is 59.7 Å². The third-order valence-corrected chi connectivity index (χ3v) is 3.06. The SMILES string of the molecule is CC(=O)Oc1cccc(C2NC(=O)c3ccccc3O2)c1. The predicted molar refractivity (Wildman–Crippen MR) is 75.0 cm³/mol. The zero-order valence-electron chi connectivity index (χ0n) is 11.3. The Morgan fingerprint density at radius 2 is 2.00 bits per heavy atom. The third-order valence-electron chi connectivity index (χ3n) is 3.06. The maximum Gasteiger partial charge on any atom is 0.308 e. The Balaban J connectivity index is 1.89. The number of esters is 1. The molecule has 0 bridgehead atoms. The van der Waals surface area contributed by atoms with Crippen molar-refractivity contribution in [3.63, 3.8) is 0 Å². The zero-order valence-corrected chi connectivity index (χ0v) is 11.3. The quantitative estimate of drug-likeness (QED) is 0.679. The lowest BCUT2D eigenvalue weighted by atomic mass is 10.1. The monoisotopic (exact) mass is 283 g/mol. The largest absolute Gasteiger partial charge is 0.466 e. The standard InChI is InChI=1S/C16H13NO4/c1-10(18)20-12-6-4-5-11(9-12)16-17-15(19)13-7-2-3-8-14(13)21-16/h2-9,16H,1H3,(H,17,19). The minimum Gasteiger partial charge on any atom is -0.466 e. The van der Waals surface area contributed by atoms with Gasteiger partial charge in [0.1, 0.15) is 11.5 Å². The van der Waals surface area contributed by atoms with Crippen LogP contribution in [-0.2, 0) is 4.79 Å². The molecule has 1 unspecified atom stereocenters. The van der Waals surface area contributed by atoms with Gasteiger partial charge in [-0.05, 0) is 24.3 Å². The van der Waals surface area contributed by atoms with Gasteiger partial charge in [-0.3, -0.25) is 9.59 Å². The first kappa shape index (κ1) is 13.2. The second-order valence-corrected chi connectivity index (χ2v) is 4.63. The van der Waals surface area contributed by atoms with Gasteiger partial charge in [0, 0.05) is 12.5 Å². The third kappa shape index (κ3) is 2.72. The number of carbonyl (C=O) groups excluding carboxylic acids is 2. The van der Waals surface area contributed by atoms with Gasteiger partial charge in [-0.1, -0.05) is 24.3 Å². The molecule has 0 radical (unpaired) electrons. The molecule has 0 fully saturated rings. The van der Waals surface area contributed by atoms with E-state index in [0.717, 1.165) is 0 Å². The molecular formula is C16H13NO4. The Bertz CT molecular complexity index is 711.